The van der Waals surface area contributed by atoms with Gasteiger partial charge in [0.25, 0.3) is 0 Å². The van der Waals surface area contributed by atoms with Crippen molar-refractivity contribution in [1.29, 1.82) is 0 Å². The van der Waals surface area contributed by atoms with Crippen LogP contribution < -0.4 is 0 Å². The van der Waals surface area contributed by atoms with Crippen molar-refractivity contribution in [2.45, 2.75) is 19.3 Å². The molecule has 0 atom stereocenters. The van der Waals surface area contributed by atoms with Gasteiger partial charge in [-0.05, 0) is 37.1 Å². The van der Waals surface area contributed by atoms with E-state index in [9.17, 15) is 4.79 Å². The lowest BCUT2D eigenvalue weighted by Gasteiger charge is -2.02. The first-order chi connectivity index (χ1) is 14.2. The number of halogens is 1. The molecule has 0 radical (unpaired) electrons. The second-order valence-electron chi connectivity index (χ2n) is 6.96. The molecule has 1 aliphatic carbocycles. The summed E-state index contributed by atoms with van der Waals surface area (Å²) in [7, 11) is 0. The topological polar surface area (TPSA) is 97.6 Å². The second kappa shape index (κ2) is 7.25. The van der Waals surface area contributed by atoms with Gasteiger partial charge in [0.2, 0.25) is 5.89 Å². The number of ketones is 1. The summed E-state index contributed by atoms with van der Waals surface area (Å²) in [5.74, 6) is 1.81. The Morgan fingerprint density at radius 2 is 2.07 bits per heavy atom. The lowest BCUT2D eigenvalue weighted by Crippen LogP contribution is -2.06. The van der Waals surface area contributed by atoms with Crippen LogP contribution in [0.4, 0.5) is 0 Å². The molecule has 7 nitrogen and oxygen atoms in total. The second-order valence-corrected chi connectivity index (χ2v) is 7.37. The zero-order valence-corrected chi connectivity index (χ0v) is 16.1. The van der Waals surface area contributed by atoms with E-state index in [-0.39, 0.29) is 11.7 Å². The van der Waals surface area contributed by atoms with E-state index in [1.54, 1.807) is 18.3 Å². The number of carbonyl (C=O) groups is 1. The summed E-state index contributed by atoms with van der Waals surface area (Å²) in [5, 5.41) is 7.27. The maximum absolute atomic E-state index is 12.1. The lowest BCUT2D eigenvalue weighted by atomic mass is 10.1. The van der Waals surface area contributed by atoms with E-state index in [0.29, 0.717) is 45.9 Å². The normalized spacial score (nSPS) is 13.6. The average molecular weight is 406 g/mol. The number of H-pyrrole nitrogens is 1. The highest BCUT2D eigenvalue weighted by atomic mass is 35.5. The fraction of sp³-hybridized carbons (Fsp3) is 0.190. The number of nitrogens with one attached hydrogen (secondary N) is 1. The molecule has 1 fully saturated rings. The van der Waals surface area contributed by atoms with E-state index in [2.05, 4.69) is 25.1 Å². The molecule has 8 heteroatoms. The number of carbonyl (C=O) groups excluding carboxylic acids is 1. The molecule has 0 unspecified atom stereocenters. The summed E-state index contributed by atoms with van der Waals surface area (Å²) >= 11 is 6.38. The molecule has 29 heavy (non-hydrogen) atoms. The molecule has 1 N–H and O–H groups in total. The predicted molar refractivity (Wildman–Crippen MR) is 107 cm³/mol. The van der Waals surface area contributed by atoms with E-state index < -0.39 is 0 Å². The summed E-state index contributed by atoms with van der Waals surface area (Å²) in [4.78, 5) is 25.3. The molecule has 3 aromatic heterocycles. The van der Waals surface area contributed by atoms with Gasteiger partial charge in [-0.2, -0.15) is 5.10 Å². The SMILES string of the molecule is O=C(Cc1cc(-c2nc(-c3ncn[nH]3)c(-c3ccccc3Cl)o2)ccn1)C1CC1. The zero-order chi connectivity index (χ0) is 19.8. The van der Waals surface area contributed by atoms with E-state index in [0.717, 1.165) is 18.4 Å². The molecule has 1 aromatic carbocycles. The van der Waals surface area contributed by atoms with Crippen LogP contribution in [-0.2, 0) is 11.2 Å². The Hall–Kier alpha value is -3.32. The number of aromatic amines is 1. The largest absolute Gasteiger partial charge is 0.435 e. The average Bonchev–Trinajstić information content (AvgIpc) is 3.27. The molecular weight excluding hydrogens is 390 g/mol. The third kappa shape index (κ3) is 3.56. The molecule has 0 bridgehead atoms. The molecule has 0 saturated heterocycles. The number of rotatable bonds is 6. The van der Waals surface area contributed by atoms with Crippen LogP contribution in [0.1, 0.15) is 18.5 Å². The summed E-state index contributed by atoms with van der Waals surface area (Å²) in [6, 6.07) is 11.0. The summed E-state index contributed by atoms with van der Waals surface area (Å²) in [6.45, 7) is 0. The van der Waals surface area contributed by atoms with Gasteiger partial charge in [-0.3, -0.25) is 14.9 Å². The van der Waals surface area contributed by atoms with Gasteiger partial charge in [0.15, 0.2) is 17.3 Å². The Morgan fingerprint density at radius 3 is 2.83 bits per heavy atom. The first kappa shape index (κ1) is 17.8. The van der Waals surface area contributed by atoms with E-state index in [4.69, 9.17) is 16.0 Å². The van der Waals surface area contributed by atoms with Crippen molar-refractivity contribution in [3.05, 3.63) is 59.6 Å². The van der Waals surface area contributed by atoms with Gasteiger partial charge in [-0.25, -0.2) is 9.97 Å². The Bertz CT molecular complexity index is 1180. The Labute approximate surface area is 171 Å². The van der Waals surface area contributed by atoms with Crippen LogP contribution in [0.15, 0.2) is 53.3 Å². The third-order valence-electron chi connectivity index (χ3n) is 4.84. The smallest absolute Gasteiger partial charge is 0.227 e. The van der Waals surface area contributed by atoms with Crippen molar-refractivity contribution >= 4 is 17.4 Å². The van der Waals surface area contributed by atoms with Crippen LogP contribution in [0.3, 0.4) is 0 Å². The Balaban J connectivity index is 1.57. The van der Waals surface area contributed by atoms with Gasteiger partial charge < -0.3 is 4.42 Å². The maximum atomic E-state index is 12.1. The summed E-state index contributed by atoms with van der Waals surface area (Å²) < 4.78 is 6.12. The number of pyridine rings is 1. The molecule has 0 amide bonds. The number of aromatic nitrogens is 5. The van der Waals surface area contributed by atoms with Crippen molar-refractivity contribution in [2.75, 3.05) is 0 Å². The van der Waals surface area contributed by atoms with Crippen molar-refractivity contribution in [3.63, 3.8) is 0 Å². The van der Waals surface area contributed by atoms with E-state index in [1.165, 1.54) is 6.33 Å². The molecule has 1 saturated carbocycles. The number of nitrogens with zero attached hydrogens (tertiary/aromatic N) is 4. The minimum Gasteiger partial charge on any atom is -0.435 e. The number of oxazole rings is 1. The fourth-order valence-electron chi connectivity index (χ4n) is 3.19. The van der Waals surface area contributed by atoms with Crippen LogP contribution in [0.2, 0.25) is 5.02 Å². The minimum absolute atomic E-state index is 0.201. The highest BCUT2D eigenvalue weighted by Crippen LogP contribution is 2.38. The molecule has 144 valence electrons. The zero-order valence-electron chi connectivity index (χ0n) is 15.3. The molecule has 1 aliphatic rings. The van der Waals surface area contributed by atoms with Gasteiger partial charge in [0.1, 0.15) is 12.1 Å². The first-order valence-corrected chi connectivity index (χ1v) is 9.66. The summed E-state index contributed by atoms with van der Waals surface area (Å²) in [5.41, 5.74) is 2.66. The Morgan fingerprint density at radius 1 is 1.21 bits per heavy atom. The molecule has 0 aliphatic heterocycles. The van der Waals surface area contributed by atoms with Crippen LogP contribution in [0.25, 0.3) is 34.3 Å². The van der Waals surface area contributed by atoms with Gasteiger partial charge >= 0.3 is 0 Å². The molecular formula is C21H16ClN5O2. The third-order valence-corrected chi connectivity index (χ3v) is 5.17. The van der Waals surface area contributed by atoms with Gasteiger partial charge in [-0.15, -0.1) is 0 Å². The van der Waals surface area contributed by atoms with Crippen molar-refractivity contribution in [1.82, 2.24) is 25.1 Å². The lowest BCUT2D eigenvalue weighted by molar-refractivity contribution is -0.119. The molecule has 5 rings (SSSR count). The van der Waals surface area contributed by atoms with Crippen LogP contribution >= 0.6 is 11.6 Å². The number of hydrogen-bond donors (Lipinski definition) is 1. The number of Topliss-reactive ketones (excluding diaryl/α,β-unsaturated/α-hetero) is 1. The fourth-order valence-corrected chi connectivity index (χ4v) is 3.41. The predicted octanol–water partition coefficient (Wildman–Crippen LogP) is 4.36. The van der Waals surface area contributed by atoms with E-state index in [1.807, 2.05) is 24.3 Å². The summed E-state index contributed by atoms with van der Waals surface area (Å²) in [6.07, 6.45) is 5.37. The molecule has 0 spiro atoms. The van der Waals surface area contributed by atoms with Crippen molar-refractivity contribution in [3.8, 4) is 34.3 Å². The van der Waals surface area contributed by atoms with Gasteiger partial charge in [0, 0.05) is 35.4 Å². The number of hydrogen-bond acceptors (Lipinski definition) is 6. The van der Waals surface area contributed by atoms with Crippen LogP contribution in [0, 0.1) is 5.92 Å². The first-order valence-electron chi connectivity index (χ1n) is 9.28. The monoisotopic (exact) mass is 405 g/mol. The van der Waals surface area contributed by atoms with Crippen LogP contribution in [-0.4, -0.2) is 30.9 Å². The quantitative estimate of drug-likeness (QED) is 0.511. The van der Waals surface area contributed by atoms with Gasteiger partial charge in [0.05, 0.1) is 5.02 Å². The minimum atomic E-state index is 0.201. The maximum Gasteiger partial charge on any atom is 0.227 e. The van der Waals surface area contributed by atoms with Crippen molar-refractivity contribution < 1.29 is 9.21 Å². The standard InChI is InChI=1S/C21H16ClN5O2/c22-16-4-2-1-3-15(16)19-18(20-24-11-25-27-20)26-21(29-19)13-7-8-23-14(9-13)10-17(28)12-5-6-12/h1-4,7-9,11-12H,5-6,10H2,(H,24,25,27). The van der Waals surface area contributed by atoms with Crippen LogP contribution in [0.5, 0.6) is 0 Å². The number of benzene rings is 1. The van der Waals surface area contributed by atoms with Crippen molar-refractivity contribution in [2.24, 2.45) is 5.92 Å². The van der Waals surface area contributed by atoms with E-state index >= 15 is 0 Å². The highest BCUT2D eigenvalue weighted by Gasteiger charge is 2.29. The Kier molecular flexibility index (Phi) is 4.44. The molecule has 3 heterocycles. The van der Waals surface area contributed by atoms with Gasteiger partial charge in [-0.1, -0.05) is 23.7 Å². The highest BCUT2D eigenvalue weighted by molar-refractivity contribution is 6.33. The molecule has 4 aromatic rings.